The predicted molar refractivity (Wildman–Crippen MR) is 413 cm³/mol. The third-order valence-electron chi connectivity index (χ3n) is 14.3. The smallest absolute Gasteiger partial charge is 0.223 e. The van der Waals surface area contributed by atoms with Gasteiger partial charge in [-0.05, 0) is 130 Å². The standard InChI is InChI=1S/C69H136N4O12S8/c1-7-13-28-70(29-14-8-2)66(74)26-60-92-64-48-85-45-43-83-47-63-91-57-21-31-71(30-15-9-3)67(75)24-58-88-53-19-17-51-86-55-22-32-72(34-36-80-40-38-78-11-5)68(76)25-59-89-54-20-18-52-87-56-23-33-73(35-37-81-41-39-79-12-6)69(77)27-61-93-65-49-84-44-42-82-46-62-90-50-16-10-4/h7-65H2,1-6H3/i4D. The van der Waals surface area contributed by atoms with Crippen LogP contribution in [-0.2, 0) is 57.1 Å². The first-order valence-electron chi connectivity index (χ1n) is 36.6. The van der Waals surface area contributed by atoms with Crippen molar-refractivity contribution in [2.24, 2.45) is 0 Å². The van der Waals surface area contributed by atoms with Crippen LogP contribution in [-0.4, -0.2) is 293 Å². The molecule has 0 spiro atoms. The Morgan fingerprint density at radius 3 is 0.785 bits per heavy atom. The molecule has 0 aromatic heterocycles. The number of nitrogens with zero attached hydrogens (tertiary/aromatic N) is 4. The molecule has 0 aliphatic heterocycles. The highest BCUT2D eigenvalue weighted by Gasteiger charge is 2.17. The van der Waals surface area contributed by atoms with E-state index in [0.717, 1.165) is 234 Å². The highest BCUT2D eigenvalue weighted by atomic mass is 32.2. The molecule has 0 aliphatic rings. The van der Waals surface area contributed by atoms with E-state index < -0.39 is 0 Å². The minimum Gasteiger partial charge on any atom is -0.379 e. The highest BCUT2D eigenvalue weighted by Crippen LogP contribution is 2.17. The van der Waals surface area contributed by atoms with Gasteiger partial charge < -0.3 is 57.5 Å². The van der Waals surface area contributed by atoms with E-state index >= 15 is 0 Å². The first-order chi connectivity index (χ1) is 46.3. The Labute approximate surface area is 605 Å². The Bertz CT molecular complexity index is 1620. The number of carbonyl (C=O) groups is 4. The van der Waals surface area contributed by atoms with Crippen LogP contribution in [0.4, 0.5) is 0 Å². The van der Waals surface area contributed by atoms with Gasteiger partial charge >= 0.3 is 0 Å². The molecule has 552 valence electrons. The van der Waals surface area contributed by atoms with Gasteiger partial charge in [0.1, 0.15) is 0 Å². The van der Waals surface area contributed by atoms with E-state index in [2.05, 4.69) is 30.6 Å². The van der Waals surface area contributed by atoms with E-state index in [1.54, 1.807) is 23.5 Å². The van der Waals surface area contributed by atoms with E-state index in [9.17, 15) is 19.2 Å². The molecule has 0 aromatic carbocycles. The molecule has 0 atom stereocenters. The molecular formula is C69H136N4O12S8. The Balaban J connectivity index is 4.31. The summed E-state index contributed by atoms with van der Waals surface area (Å²) in [4.78, 5) is 60.7. The first kappa shape index (κ1) is 91.4. The van der Waals surface area contributed by atoms with E-state index in [4.69, 9.17) is 39.3 Å². The average Bonchev–Trinajstić information content (AvgIpc) is 3.20. The molecule has 4 amide bonds. The second-order valence-corrected chi connectivity index (χ2v) is 32.0. The molecule has 0 aromatic rings. The van der Waals surface area contributed by atoms with Crippen LogP contribution in [0.1, 0.15) is 165 Å². The van der Waals surface area contributed by atoms with Crippen molar-refractivity contribution in [3.8, 4) is 0 Å². The third-order valence-corrected chi connectivity index (χ3v) is 22.7. The maximum Gasteiger partial charge on any atom is 0.223 e. The van der Waals surface area contributed by atoms with Gasteiger partial charge in [-0.2, -0.15) is 94.1 Å². The molecule has 24 heteroatoms. The van der Waals surface area contributed by atoms with Gasteiger partial charge in [0.25, 0.3) is 0 Å². The molecule has 93 heavy (non-hydrogen) atoms. The van der Waals surface area contributed by atoms with Crippen LogP contribution in [0.2, 0.25) is 0 Å². The Morgan fingerprint density at radius 1 is 0.247 bits per heavy atom. The lowest BCUT2D eigenvalue weighted by Crippen LogP contribution is -2.35. The van der Waals surface area contributed by atoms with Crippen LogP contribution < -0.4 is 0 Å². The van der Waals surface area contributed by atoms with Crippen LogP contribution in [0.25, 0.3) is 0 Å². The van der Waals surface area contributed by atoms with Gasteiger partial charge in [0.05, 0.1) is 92.5 Å². The summed E-state index contributed by atoms with van der Waals surface area (Å²) in [5.74, 6) is 16.6. The van der Waals surface area contributed by atoms with Crippen LogP contribution in [0.3, 0.4) is 0 Å². The predicted octanol–water partition coefficient (Wildman–Crippen LogP) is 13.8. The second kappa shape index (κ2) is 78.1. The molecule has 0 unspecified atom stereocenters. The molecule has 0 aliphatic carbocycles. The summed E-state index contributed by atoms with van der Waals surface area (Å²) in [6.45, 7) is 27.0. The molecule has 0 radical (unpaired) electrons. The van der Waals surface area contributed by atoms with Gasteiger partial charge in [-0.3, -0.25) is 19.2 Å². The molecular weight excluding hydrogens is 1330 g/mol. The second-order valence-electron chi connectivity index (χ2n) is 22.2. The third kappa shape index (κ3) is 66.7. The van der Waals surface area contributed by atoms with E-state index in [1.165, 1.54) is 0 Å². The largest absolute Gasteiger partial charge is 0.379 e. The van der Waals surface area contributed by atoms with E-state index in [0.29, 0.717) is 157 Å². The number of hydrogen-bond acceptors (Lipinski definition) is 20. The SMILES string of the molecule is [2H]CCCCSCCOCCOCCSCCC(=O)N(CCCSCCCCSCCC(=O)N(CCCSCCCCSCCC(=O)N(CCCC)CCCSCCOCCOCCSCCC(=O)N(CCCC)CCCC)CCOCCOCC)CCOCCOCC. The fraction of sp³-hybridized carbons (Fsp3) is 0.942. The molecule has 16 nitrogen and oxygen atoms in total. The molecule has 0 N–H and O–H groups in total. The van der Waals surface area contributed by atoms with E-state index in [-0.39, 0.29) is 11.8 Å². The lowest BCUT2D eigenvalue weighted by Gasteiger charge is -2.23. The summed E-state index contributed by atoms with van der Waals surface area (Å²) in [5.41, 5.74) is 0. The quantitative estimate of drug-likeness (QED) is 0.0530. The summed E-state index contributed by atoms with van der Waals surface area (Å²) in [7, 11) is 0. The van der Waals surface area contributed by atoms with Crippen molar-refractivity contribution in [1.82, 2.24) is 19.6 Å². The minimum atomic E-state index is 0.188. The van der Waals surface area contributed by atoms with Crippen LogP contribution >= 0.6 is 94.1 Å². The zero-order valence-corrected chi connectivity index (χ0v) is 65.9. The van der Waals surface area contributed by atoms with Gasteiger partial charge in [0, 0.05) is 139 Å². The van der Waals surface area contributed by atoms with Crippen molar-refractivity contribution in [3.63, 3.8) is 0 Å². The minimum absolute atomic E-state index is 0.188. The van der Waals surface area contributed by atoms with Crippen LogP contribution in [0.5, 0.6) is 0 Å². The average molecular weight is 1470 g/mol. The fourth-order valence-electron chi connectivity index (χ4n) is 8.86. The van der Waals surface area contributed by atoms with Crippen molar-refractivity contribution in [3.05, 3.63) is 0 Å². The van der Waals surface area contributed by atoms with Crippen LogP contribution in [0.15, 0.2) is 0 Å². The Morgan fingerprint density at radius 2 is 0.484 bits per heavy atom. The normalized spacial score (nSPS) is 11.6. The highest BCUT2D eigenvalue weighted by molar-refractivity contribution is 8.00. The number of rotatable bonds is 78. The fourth-order valence-corrected chi connectivity index (χ4v) is 15.8. The van der Waals surface area contributed by atoms with Crippen molar-refractivity contribution in [2.75, 3.05) is 250 Å². The topological polar surface area (TPSA) is 155 Å². The van der Waals surface area contributed by atoms with Crippen molar-refractivity contribution in [1.29, 1.82) is 0 Å². The lowest BCUT2D eigenvalue weighted by molar-refractivity contribution is -0.132. The molecule has 0 bridgehead atoms. The summed E-state index contributed by atoms with van der Waals surface area (Å²) in [6, 6.07) is 0. The zero-order valence-electron chi connectivity index (χ0n) is 60.4. The number of amides is 4. The maximum atomic E-state index is 13.5. The van der Waals surface area contributed by atoms with Gasteiger partial charge in [0.2, 0.25) is 23.6 Å². The molecule has 0 heterocycles. The molecule has 0 rings (SSSR count). The summed E-state index contributed by atoms with van der Waals surface area (Å²) in [6.07, 6.45) is 18.4. The summed E-state index contributed by atoms with van der Waals surface area (Å²) < 4.78 is 52.6. The number of unbranched alkanes of at least 4 members (excludes halogenated alkanes) is 6. The van der Waals surface area contributed by atoms with Gasteiger partial charge in [-0.1, -0.05) is 53.4 Å². The Hall–Kier alpha value is 0.360. The summed E-state index contributed by atoms with van der Waals surface area (Å²) in [5, 5.41) is 0. The molecule has 0 fully saturated rings. The maximum absolute atomic E-state index is 13.5. The lowest BCUT2D eigenvalue weighted by atomic mass is 10.2. The van der Waals surface area contributed by atoms with Crippen molar-refractivity contribution >= 4 is 118 Å². The van der Waals surface area contributed by atoms with Gasteiger partial charge in [-0.25, -0.2) is 0 Å². The molecule has 0 saturated heterocycles. The number of ether oxygens (including phenoxy) is 8. The first-order valence-corrected chi connectivity index (χ1v) is 45.2. The number of thioether (sulfide) groups is 8. The van der Waals surface area contributed by atoms with E-state index in [1.807, 2.05) is 94.2 Å². The van der Waals surface area contributed by atoms with Crippen molar-refractivity contribution in [2.45, 2.75) is 164 Å². The van der Waals surface area contributed by atoms with Gasteiger partial charge in [-0.15, -0.1) is 0 Å². The number of carbonyl (C=O) groups excluding carboxylic acids is 4. The van der Waals surface area contributed by atoms with Crippen molar-refractivity contribution < 1.29 is 58.4 Å². The monoisotopic (exact) mass is 1470 g/mol. The Kier molecular flexibility index (Phi) is 76.7. The van der Waals surface area contributed by atoms with Crippen LogP contribution in [0, 0.1) is 0 Å². The molecule has 0 saturated carbocycles. The summed E-state index contributed by atoms with van der Waals surface area (Å²) >= 11 is 15.1. The van der Waals surface area contributed by atoms with Gasteiger partial charge in [0.15, 0.2) is 0 Å². The number of hydrogen-bond donors (Lipinski definition) is 0. The zero-order chi connectivity index (χ0) is 68.4.